The lowest BCUT2D eigenvalue weighted by Crippen LogP contribution is -2.44. The number of ether oxygens (including phenoxy) is 2. The Balaban J connectivity index is 1.34. The summed E-state index contributed by atoms with van der Waals surface area (Å²) in [5, 5.41) is 15.5. The van der Waals surface area contributed by atoms with E-state index in [9.17, 15) is 0 Å². The average Bonchev–Trinajstić information content (AvgIpc) is 3.48. The summed E-state index contributed by atoms with van der Waals surface area (Å²) in [4.78, 5) is 6.71. The Bertz CT molecular complexity index is 857. The van der Waals surface area contributed by atoms with Crippen molar-refractivity contribution in [2.45, 2.75) is 38.4 Å². The molecule has 0 spiro atoms. The number of guanidine groups is 1. The third kappa shape index (κ3) is 4.23. The quantitative estimate of drug-likeness (QED) is 0.557. The number of hydrogen-bond donors (Lipinski definition) is 2. The van der Waals surface area contributed by atoms with Crippen molar-refractivity contribution in [3.05, 3.63) is 29.8 Å². The molecule has 1 saturated heterocycles. The van der Waals surface area contributed by atoms with Gasteiger partial charge in [-0.3, -0.25) is 4.99 Å². The molecule has 4 rings (SSSR count). The number of fused-ring (bicyclic) bond motifs is 1. The summed E-state index contributed by atoms with van der Waals surface area (Å²) in [6, 6.07) is 6.29. The number of hydrogen-bond acceptors (Lipinski definition) is 6. The van der Waals surface area contributed by atoms with Crippen LogP contribution in [0.5, 0.6) is 11.5 Å². The fraction of sp³-hybridized carbons (Fsp3) is 0.550. The molecule has 1 fully saturated rings. The summed E-state index contributed by atoms with van der Waals surface area (Å²) >= 11 is 0. The zero-order chi connectivity index (χ0) is 20.2. The van der Waals surface area contributed by atoms with Gasteiger partial charge in [0.2, 0.25) is 0 Å². The van der Waals surface area contributed by atoms with Crippen molar-refractivity contribution in [2.75, 3.05) is 39.3 Å². The maximum atomic E-state index is 5.40. The number of anilines is 1. The first kappa shape index (κ1) is 19.4. The molecule has 2 N–H and O–H groups in total. The summed E-state index contributed by atoms with van der Waals surface area (Å²) < 4.78 is 13.0. The number of methoxy groups -OCH3 is 2. The van der Waals surface area contributed by atoms with Crippen LogP contribution in [0, 0.1) is 0 Å². The Morgan fingerprint density at radius 2 is 1.97 bits per heavy atom. The Kier molecular flexibility index (Phi) is 5.73. The van der Waals surface area contributed by atoms with Crippen molar-refractivity contribution < 1.29 is 9.47 Å². The van der Waals surface area contributed by atoms with Crippen LogP contribution in [0.1, 0.15) is 24.5 Å². The van der Waals surface area contributed by atoms with E-state index in [0.717, 1.165) is 73.7 Å². The van der Waals surface area contributed by atoms with E-state index in [-0.39, 0.29) is 0 Å². The van der Waals surface area contributed by atoms with E-state index >= 15 is 0 Å². The Hall–Kier alpha value is -2.97. The molecule has 29 heavy (non-hydrogen) atoms. The van der Waals surface area contributed by atoms with Crippen LogP contribution in [0.15, 0.2) is 23.2 Å². The standard InChI is InChI=1S/C20H29N7O2/c1-21-20(22-12-19-25-24-18-5-4-7-27(18)19)23-14-6-8-26(13-14)15-9-16(28-2)11-17(10-15)29-3/h9-11,14H,4-8,12-13H2,1-3H3,(H2,21,22,23). The molecule has 3 heterocycles. The van der Waals surface area contributed by atoms with Crippen LogP contribution in [0.2, 0.25) is 0 Å². The van der Waals surface area contributed by atoms with Crippen molar-refractivity contribution in [3.8, 4) is 11.5 Å². The maximum absolute atomic E-state index is 5.40. The van der Waals surface area contributed by atoms with E-state index < -0.39 is 0 Å². The lowest BCUT2D eigenvalue weighted by Gasteiger charge is -2.21. The van der Waals surface area contributed by atoms with Gasteiger partial charge in [0.15, 0.2) is 11.8 Å². The number of aliphatic imine (C=N–C) groups is 1. The highest BCUT2D eigenvalue weighted by Crippen LogP contribution is 2.30. The fourth-order valence-electron chi connectivity index (χ4n) is 3.98. The molecule has 1 aromatic heterocycles. The highest BCUT2D eigenvalue weighted by atomic mass is 16.5. The van der Waals surface area contributed by atoms with Crippen molar-refractivity contribution in [1.82, 2.24) is 25.4 Å². The molecule has 2 aliphatic heterocycles. The normalized spacial score (nSPS) is 18.7. The number of aromatic nitrogens is 3. The molecule has 1 atom stereocenters. The summed E-state index contributed by atoms with van der Waals surface area (Å²) in [6.45, 7) is 3.48. The van der Waals surface area contributed by atoms with E-state index in [1.165, 1.54) is 0 Å². The van der Waals surface area contributed by atoms with Gasteiger partial charge in [-0.2, -0.15) is 0 Å². The monoisotopic (exact) mass is 399 g/mol. The third-order valence-corrected chi connectivity index (χ3v) is 5.55. The topological polar surface area (TPSA) is 88.8 Å². The van der Waals surface area contributed by atoms with Gasteiger partial charge in [-0.05, 0) is 12.8 Å². The third-order valence-electron chi connectivity index (χ3n) is 5.55. The minimum Gasteiger partial charge on any atom is -0.497 e. The second-order valence-electron chi connectivity index (χ2n) is 7.36. The predicted octanol–water partition coefficient (Wildman–Crippen LogP) is 1.19. The van der Waals surface area contributed by atoms with Crippen molar-refractivity contribution in [2.24, 2.45) is 4.99 Å². The predicted molar refractivity (Wildman–Crippen MR) is 112 cm³/mol. The molecule has 9 nitrogen and oxygen atoms in total. The number of aryl methyl sites for hydroxylation is 1. The van der Waals surface area contributed by atoms with Crippen LogP contribution < -0.4 is 25.0 Å². The van der Waals surface area contributed by atoms with E-state index in [1.807, 2.05) is 18.2 Å². The Labute approximate surface area is 171 Å². The molecule has 1 unspecified atom stereocenters. The second-order valence-corrected chi connectivity index (χ2v) is 7.36. The number of benzene rings is 1. The summed E-state index contributed by atoms with van der Waals surface area (Å²) in [5.41, 5.74) is 1.10. The van der Waals surface area contributed by atoms with Gasteiger partial charge >= 0.3 is 0 Å². The molecule has 0 radical (unpaired) electrons. The zero-order valence-electron chi connectivity index (χ0n) is 17.3. The van der Waals surface area contributed by atoms with Crippen LogP contribution in [0.3, 0.4) is 0 Å². The fourth-order valence-corrected chi connectivity index (χ4v) is 3.98. The molecular formula is C20H29N7O2. The lowest BCUT2D eigenvalue weighted by atomic mass is 10.2. The molecular weight excluding hydrogens is 370 g/mol. The van der Waals surface area contributed by atoms with Crippen LogP contribution in [-0.2, 0) is 19.5 Å². The van der Waals surface area contributed by atoms with E-state index in [4.69, 9.17) is 9.47 Å². The molecule has 9 heteroatoms. The molecule has 1 aromatic carbocycles. The first-order chi connectivity index (χ1) is 14.2. The van der Waals surface area contributed by atoms with Crippen LogP contribution >= 0.6 is 0 Å². The minimum absolute atomic E-state index is 0.308. The van der Waals surface area contributed by atoms with Crippen LogP contribution in [0.25, 0.3) is 0 Å². The Morgan fingerprint density at radius 1 is 1.17 bits per heavy atom. The average molecular weight is 399 g/mol. The number of rotatable bonds is 6. The van der Waals surface area contributed by atoms with Crippen molar-refractivity contribution >= 4 is 11.6 Å². The highest BCUT2D eigenvalue weighted by Gasteiger charge is 2.25. The van der Waals surface area contributed by atoms with Gasteiger partial charge in [-0.15, -0.1) is 10.2 Å². The molecule has 2 aliphatic rings. The maximum Gasteiger partial charge on any atom is 0.191 e. The largest absolute Gasteiger partial charge is 0.497 e. The van der Waals surface area contributed by atoms with Gasteiger partial charge in [0, 0.05) is 63.0 Å². The van der Waals surface area contributed by atoms with Crippen LogP contribution in [0.4, 0.5) is 5.69 Å². The molecule has 156 valence electrons. The van der Waals surface area contributed by atoms with Gasteiger partial charge in [-0.1, -0.05) is 0 Å². The summed E-state index contributed by atoms with van der Waals surface area (Å²) in [7, 11) is 5.14. The molecule has 0 bridgehead atoms. The van der Waals surface area contributed by atoms with Gasteiger partial charge < -0.3 is 29.6 Å². The number of nitrogens with one attached hydrogen (secondary N) is 2. The second kappa shape index (κ2) is 8.59. The van der Waals surface area contributed by atoms with Gasteiger partial charge in [0.25, 0.3) is 0 Å². The minimum atomic E-state index is 0.308. The molecule has 0 aliphatic carbocycles. The molecule has 0 saturated carbocycles. The van der Waals surface area contributed by atoms with Crippen molar-refractivity contribution in [1.29, 1.82) is 0 Å². The first-order valence-corrected chi connectivity index (χ1v) is 10.1. The van der Waals surface area contributed by atoms with Gasteiger partial charge in [0.1, 0.15) is 17.3 Å². The SMILES string of the molecule is CN=C(NCc1nnc2n1CCC2)NC1CCN(c2cc(OC)cc(OC)c2)C1. The zero-order valence-corrected chi connectivity index (χ0v) is 17.3. The highest BCUT2D eigenvalue weighted by molar-refractivity contribution is 5.80. The van der Waals surface area contributed by atoms with E-state index in [2.05, 4.69) is 35.3 Å². The van der Waals surface area contributed by atoms with E-state index in [0.29, 0.717) is 12.6 Å². The summed E-state index contributed by atoms with van der Waals surface area (Å²) in [5.74, 6) is 4.44. The van der Waals surface area contributed by atoms with Gasteiger partial charge in [-0.25, -0.2) is 0 Å². The Morgan fingerprint density at radius 3 is 2.69 bits per heavy atom. The molecule has 0 amide bonds. The molecule has 2 aromatic rings. The van der Waals surface area contributed by atoms with Crippen molar-refractivity contribution in [3.63, 3.8) is 0 Å². The summed E-state index contributed by atoms with van der Waals surface area (Å²) in [6.07, 6.45) is 3.20. The lowest BCUT2D eigenvalue weighted by molar-refractivity contribution is 0.394. The number of nitrogens with zero attached hydrogens (tertiary/aromatic N) is 5. The first-order valence-electron chi connectivity index (χ1n) is 10.1. The smallest absolute Gasteiger partial charge is 0.191 e. The van der Waals surface area contributed by atoms with Crippen LogP contribution in [-0.4, -0.2) is 61.1 Å². The van der Waals surface area contributed by atoms with Gasteiger partial charge in [0.05, 0.1) is 20.8 Å². The van der Waals surface area contributed by atoms with E-state index in [1.54, 1.807) is 21.3 Å².